The molecule has 0 bridgehead atoms. The van der Waals surface area contributed by atoms with E-state index in [4.69, 9.17) is 15.9 Å². The van der Waals surface area contributed by atoms with Crippen molar-refractivity contribution in [3.05, 3.63) is 0 Å². The van der Waals surface area contributed by atoms with Gasteiger partial charge in [-0.2, -0.15) is 0 Å². The summed E-state index contributed by atoms with van der Waals surface area (Å²) in [6, 6.07) is -0.934. The molecule has 2 atom stereocenters. The molecule has 1 amide bonds. The van der Waals surface area contributed by atoms with Crippen LogP contribution in [0.4, 0.5) is 0 Å². The van der Waals surface area contributed by atoms with E-state index in [1.165, 1.54) is 7.05 Å². The second-order valence-corrected chi connectivity index (χ2v) is 3.52. The van der Waals surface area contributed by atoms with E-state index in [1.807, 2.05) is 0 Å². The van der Waals surface area contributed by atoms with Gasteiger partial charge in [0.2, 0.25) is 5.91 Å². The van der Waals surface area contributed by atoms with Crippen LogP contribution < -0.4 is 16.4 Å². The fourth-order valence-corrected chi connectivity index (χ4v) is 1.14. The number of carboxylic acid groups (broad SMARTS) is 1. The molecule has 94 valence electrons. The van der Waals surface area contributed by atoms with E-state index in [9.17, 15) is 9.59 Å². The molecule has 0 aliphatic heterocycles. The molecule has 7 nitrogen and oxygen atoms in total. The predicted octanol–water partition coefficient (Wildman–Crippen LogP) is -2.12. The molecular formula is C9H19N3O4. The Balaban J connectivity index is 3.83. The van der Waals surface area contributed by atoms with Crippen LogP contribution in [0.5, 0.6) is 0 Å². The Morgan fingerprint density at radius 1 is 1.38 bits per heavy atom. The monoisotopic (exact) mass is 233 g/mol. The summed E-state index contributed by atoms with van der Waals surface area (Å²) in [6.07, 6.45) is -0.0160. The minimum atomic E-state index is -0.994. The van der Waals surface area contributed by atoms with Crippen LogP contribution in [0, 0.1) is 0 Å². The van der Waals surface area contributed by atoms with Gasteiger partial charge in [-0.15, -0.1) is 0 Å². The van der Waals surface area contributed by atoms with Gasteiger partial charge in [0.25, 0.3) is 0 Å². The first-order chi connectivity index (χ1) is 7.49. The minimum Gasteiger partial charge on any atom is -0.481 e. The van der Waals surface area contributed by atoms with Gasteiger partial charge < -0.3 is 26.6 Å². The Hall–Kier alpha value is -1.18. The number of carbonyl (C=O) groups excluding carboxylic acids is 1. The first-order valence-electron chi connectivity index (χ1n) is 5.01. The Morgan fingerprint density at radius 3 is 2.44 bits per heavy atom. The zero-order valence-corrected chi connectivity index (χ0v) is 9.27. The van der Waals surface area contributed by atoms with Crippen molar-refractivity contribution in [1.82, 2.24) is 10.6 Å². The van der Waals surface area contributed by atoms with Crippen LogP contribution in [-0.4, -0.2) is 54.4 Å². The Kier molecular flexibility index (Phi) is 7.44. The molecule has 0 saturated carbocycles. The van der Waals surface area contributed by atoms with Gasteiger partial charge in [0.15, 0.2) is 0 Å². The van der Waals surface area contributed by atoms with Gasteiger partial charge in [-0.25, -0.2) is 0 Å². The maximum Gasteiger partial charge on any atom is 0.305 e. The lowest BCUT2D eigenvalue weighted by Gasteiger charge is -2.17. The highest BCUT2D eigenvalue weighted by molar-refractivity contribution is 5.76. The van der Waals surface area contributed by atoms with Crippen molar-refractivity contribution < 1.29 is 19.8 Å². The highest BCUT2D eigenvalue weighted by Crippen LogP contribution is 1.93. The van der Waals surface area contributed by atoms with Gasteiger partial charge >= 0.3 is 5.97 Å². The molecule has 2 unspecified atom stereocenters. The summed E-state index contributed by atoms with van der Waals surface area (Å²) in [4.78, 5) is 21.3. The highest BCUT2D eigenvalue weighted by Gasteiger charge is 2.14. The number of carbonyl (C=O) groups is 2. The third-order valence-corrected chi connectivity index (χ3v) is 2.04. The zero-order valence-electron chi connectivity index (χ0n) is 9.27. The van der Waals surface area contributed by atoms with Crippen LogP contribution in [0.1, 0.15) is 12.8 Å². The van der Waals surface area contributed by atoms with Crippen molar-refractivity contribution in [2.75, 3.05) is 20.2 Å². The molecule has 0 fully saturated rings. The van der Waals surface area contributed by atoms with E-state index >= 15 is 0 Å². The summed E-state index contributed by atoms with van der Waals surface area (Å²) in [5.41, 5.74) is 5.63. The number of aliphatic hydroxyl groups is 1. The SMILES string of the molecule is CNC(=O)CC(N)CNC(CO)CC(=O)O. The zero-order chi connectivity index (χ0) is 12.6. The molecule has 0 aliphatic rings. The number of amides is 1. The smallest absolute Gasteiger partial charge is 0.305 e. The number of rotatable bonds is 8. The topological polar surface area (TPSA) is 125 Å². The van der Waals surface area contributed by atoms with Crippen molar-refractivity contribution in [2.24, 2.45) is 5.73 Å². The van der Waals surface area contributed by atoms with Gasteiger partial charge in [-0.3, -0.25) is 9.59 Å². The van der Waals surface area contributed by atoms with E-state index < -0.39 is 18.1 Å². The van der Waals surface area contributed by atoms with E-state index in [-0.39, 0.29) is 31.9 Å². The lowest BCUT2D eigenvalue weighted by atomic mass is 10.1. The second kappa shape index (κ2) is 8.03. The van der Waals surface area contributed by atoms with Crippen LogP contribution in [-0.2, 0) is 9.59 Å². The van der Waals surface area contributed by atoms with Crippen molar-refractivity contribution >= 4 is 11.9 Å². The summed E-state index contributed by atoms with van der Waals surface area (Å²) in [5.74, 6) is -1.17. The molecule has 0 aromatic carbocycles. The Bertz CT molecular complexity index is 235. The van der Waals surface area contributed by atoms with Crippen molar-refractivity contribution in [3.8, 4) is 0 Å². The molecule has 0 spiro atoms. The van der Waals surface area contributed by atoms with Crippen molar-refractivity contribution in [2.45, 2.75) is 24.9 Å². The summed E-state index contributed by atoms with van der Waals surface area (Å²) in [7, 11) is 1.52. The van der Waals surface area contributed by atoms with E-state index in [2.05, 4.69) is 10.6 Å². The first-order valence-corrected chi connectivity index (χ1v) is 5.01. The molecule has 16 heavy (non-hydrogen) atoms. The summed E-state index contributed by atoms with van der Waals surface area (Å²) >= 11 is 0. The third kappa shape index (κ3) is 7.16. The molecule has 0 aromatic rings. The lowest BCUT2D eigenvalue weighted by molar-refractivity contribution is -0.137. The average Bonchev–Trinajstić information content (AvgIpc) is 2.23. The molecule has 0 aromatic heterocycles. The number of nitrogens with one attached hydrogen (secondary N) is 2. The van der Waals surface area contributed by atoms with Gasteiger partial charge in [0, 0.05) is 32.1 Å². The number of carboxylic acids is 1. The maximum absolute atomic E-state index is 11.0. The van der Waals surface area contributed by atoms with Crippen LogP contribution in [0.15, 0.2) is 0 Å². The largest absolute Gasteiger partial charge is 0.481 e. The number of hydrogen-bond acceptors (Lipinski definition) is 5. The summed E-state index contributed by atoms with van der Waals surface area (Å²) < 4.78 is 0. The van der Waals surface area contributed by atoms with Crippen LogP contribution >= 0.6 is 0 Å². The lowest BCUT2D eigenvalue weighted by Crippen LogP contribution is -2.44. The minimum absolute atomic E-state index is 0.161. The molecule has 7 heteroatoms. The quantitative estimate of drug-likeness (QED) is 0.326. The van der Waals surface area contributed by atoms with E-state index in [1.54, 1.807) is 0 Å². The summed E-state index contributed by atoms with van der Waals surface area (Å²) in [5, 5.41) is 22.6. The summed E-state index contributed by atoms with van der Waals surface area (Å²) in [6.45, 7) is 0.00488. The highest BCUT2D eigenvalue weighted by atomic mass is 16.4. The molecular weight excluding hydrogens is 214 g/mol. The van der Waals surface area contributed by atoms with E-state index in [0.29, 0.717) is 0 Å². The standard InChI is InChI=1S/C9H19N3O4/c1-11-8(14)2-6(10)4-12-7(5-13)3-9(15)16/h6-7,12-13H,2-5,10H2,1H3,(H,11,14)(H,15,16). The molecule has 0 rings (SSSR count). The number of nitrogens with two attached hydrogens (primary N) is 1. The van der Waals surface area contributed by atoms with Gasteiger partial charge in [0.1, 0.15) is 0 Å². The van der Waals surface area contributed by atoms with Crippen molar-refractivity contribution in [1.29, 1.82) is 0 Å². The van der Waals surface area contributed by atoms with Gasteiger partial charge in [-0.1, -0.05) is 0 Å². The normalized spacial score (nSPS) is 14.2. The van der Waals surface area contributed by atoms with Crippen molar-refractivity contribution in [3.63, 3.8) is 0 Å². The first kappa shape index (κ1) is 14.8. The fourth-order valence-electron chi connectivity index (χ4n) is 1.14. The molecule has 0 heterocycles. The van der Waals surface area contributed by atoms with Gasteiger partial charge in [0.05, 0.1) is 13.0 Å². The molecule has 0 radical (unpaired) electrons. The van der Waals surface area contributed by atoms with Crippen LogP contribution in [0.25, 0.3) is 0 Å². The van der Waals surface area contributed by atoms with Gasteiger partial charge in [-0.05, 0) is 0 Å². The fraction of sp³-hybridized carbons (Fsp3) is 0.778. The molecule has 0 saturated heterocycles. The average molecular weight is 233 g/mol. The van der Waals surface area contributed by atoms with Crippen LogP contribution in [0.2, 0.25) is 0 Å². The maximum atomic E-state index is 11.0. The van der Waals surface area contributed by atoms with E-state index in [0.717, 1.165) is 0 Å². The Labute approximate surface area is 94.0 Å². The third-order valence-electron chi connectivity index (χ3n) is 2.04. The van der Waals surface area contributed by atoms with Crippen LogP contribution in [0.3, 0.4) is 0 Å². The molecule has 0 aliphatic carbocycles. The number of aliphatic hydroxyl groups excluding tert-OH is 1. The predicted molar refractivity (Wildman–Crippen MR) is 57.8 cm³/mol. The Morgan fingerprint density at radius 2 is 2.00 bits per heavy atom. The second-order valence-electron chi connectivity index (χ2n) is 3.52. The number of hydrogen-bond donors (Lipinski definition) is 5. The number of aliphatic carboxylic acids is 1. The molecule has 6 N–H and O–H groups in total.